The van der Waals surface area contributed by atoms with Crippen molar-refractivity contribution in [1.29, 1.82) is 0 Å². The Morgan fingerprint density at radius 1 is 1.19 bits per heavy atom. The summed E-state index contributed by atoms with van der Waals surface area (Å²) in [5.74, 6) is 1.71. The largest absolute Gasteiger partial charge is 0.507 e. The van der Waals surface area contributed by atoms with Crippen molar-refractivity contribution in [2.45, 2.75) is 6.92 Å². The maximum atomic E-state index is 9.97. The molecule has 0 saturated carbocycles. The molecule has 1 N–H and O–H groups in total. The lowest BCUT2D eigenvalue weighted by Gasteiger charge is -2.02. The predicted molar refractivity (Wildman–Crippen MR) is 73.7 cm³/mol. The lowest BCUT2D eigenvalue weighted by molar-refractivity contribution is 0.405. The van der Waals surface area contributed by atoms with Gasteiger partial charge in [0.25, 0.3) is 5.89 Å². The van der Waals surface area contributed by atoms with Crippen LogP contribution >= 0.6 is 0 Å². The summed E-state index contributed by atoms with van der Waals surface area (Å²) in [5, 5.41) is 13.8. The van der Waals surface area contributed by atoms with Crippen LogP contribution in [0.4, 0.5) is 0 Å². The Morgan fingerprint density at radius 2 is 2.05 bits per heavy atom. The predicted octanol–water partition coefficient (Wildman–Crippen LogP) is 2.22. The van der Waals surface area contributed by atoms with Gasteiger partial charge in [0.2, 0.25) is 5.82 Å². The van der Waals surface area contributed by atoms with Crippen molar-refractivity contribution in [3.63, 3.8) is 0 Å². The number of phenols is 1. The van der Waals surface area contributed by atoms with Gasteiger partial charge in [-0.1, -0.05) is 5.16 Å². The molecular formula is C14H12N4O3. The molecule has 3 aromatic rings. The van der Waals surface area contributed by atoms with Crippen molar-refractivity contribution >= 4 is 0 Å². The third-order valence-corrected chi connectivity index (χ3v) is 2.87. The fourth-order valence-electron chi connectivity index (χ4n) is 1.84. The van der Waals surface area contributed by atoms with Gasteiger partial charge in [0.05, 0.1) is 12.7 Å². The van der Waals surface area contributed by atoms with E-state index in [1.165, 1.54) is 13.2 Å². The number of hydrogen-bond donors (Lipinski definition) is 1. The molecule has 0 fully saturated rings. The molecule has 21 heavy (non-hydrogen) atoms. The number of phenolic OH excluding ortho intramolecular Hbond substituents is 1. The van der Waals surface area contributed by atoms with Gasteiger partial charge in [-0.3, -0.25) is 0 Å². The highest BCUT2D eigenvalue weighted by Crippen LogP contribution is 2.32. The van der Waals surface area contributed by atoms with Crippen molar-refractivity contribution in [2.24, 2.45) is 0 Å². The van der Waals surface area contributed by atoms with Crippen LogP contribution in [0.15, 0.2) is 35.0 Å². The molecule has 0 bridgehead atoms. The summed E-state index contributed by atoms with van der Waals surface area (Å²) in [6, 6.07) is 6.52. The van der Waals surface area contributed by atoms with E-state index in [1.54, 1.807) is 31.3 Å². The third-order valence-electron chi connectivity index (χ3n) is 2.87. The van der Waals surface area contributed by atoms with Gasteiger partial charge < -0.3 is 14.4 Å². The van der Waals surface area contributed by atoms with Crippen LogP contribution in [0.1, 0.15) is 5.82 Å². The number of benzene rings is 1. The maximum Gasteiger partial charge on any atom is 0.262 e. The Bertz CT molecular complexity index is 785. The number of nitrogens with zero attached hydrogens (tertiary/aromatic N) is 4. The Morgan fingerprint density at radius 3 is 2.76 bits per heavy atom. The average Bonchev–Trinajstić information content (AvgIpc) is 2.96. The van der Waals surface area contributed by atoms with Crippen LogP contribution in [0.2, 0.25) is 0 Å². The standard InChI is InChI=1S/C14H12N4O3/c1-8-15-6-5-11(16-8)13-17-14(21-18-13)10-4-3-9(20-2)7-12(10)19/h3-7,19H,1-2H3. The first kappa shape index (κ1) is 13.0. The van der Waals surface area contributed by atoms with Crippen LogP contribution in [0.5, 0.6) is 11.5 Å². The Hall–Kier alpha value is -2.96. The van der Waals surface area contributed by atoms with E-state index in [0.717, 1.165) is 0 Å². The maximum absolute atomic E-state index is 9.97. The molecule has 0 unspecified atom stereocenters. The van der Waals surface area contributed by atoms with Crippen molar-refractivity contribution in [1.82, 2.24) is 20.1 Å². The van der Waals surface area contributed by atoms with Gasteiger partial charge >= 0.3 is 0 Å². The van der Waals surface area contributed by atoms with Crippen LogP contribution < -0.4 is 4.74 Å². The quantitative estimate of drug-likeness (QED) is 0.787. The van der Waals surface area contributed by atoms with E-state index in [0.29, 0.717) is 28.7 Å². The molecule has 0 amide bonds. The average molecular weight is 284 g/mol. The Kier molecular flexibility index (Phi) is 3.23. The van der Waals surface area contributed by atoms with Gasteiger partial charge in [0.1, 0.15) is 23.0 Å². The van der Waals surface area contributed by atoms with Gasteiger partial charge in [-0.05, 0) is 25.1 Å². The van der Waals surface area contributed by atoms with E-state index in [4.69, 9.17) is 9.26 Å². The van der Waals surface area contributed by atoms with Crippen LogP contribution in [0, 0.1) is 6.92 Å². The first-order chi connectivity index (χ1) is 10.2. The van der Waals surface area contributed by atoms with Crippen LogP contribution in [-0.2, 0) is 0 Å². The second kappa shape index (κ2) is 5.20. The number of methoxy groups -OCH3 is 1. The molecule has 7 heteroatoms. The molecule has 2 aromatic heterocycles. The molecule has 0 aliphatic carbocycles. The number of hydrogen-bond acceptors (Lipinski definition) is 7. The molecule has 0 aliphatic heterocycles. The smallest absolute Gasteiger partial charge is 0.262 e. The fraction of sp³-hybridized carbons (Fsp3) is 0.143. The van der Waals surface area contributed by atoms with Crippen molar-refractivity contribution in [2.75, 3.05) is 7.11 Å². The SMILES string of the molecule is COc1ccc(-c2nc(-c3ccnc(C)n3)no2)c(O)c1. The molecule has 1 aromatic carbocycles. The molecule has 2 heterocycles. The monoisotopic (exact) mass is 284 g/mol. The molecule has 0 aliphatic rings. The van der Waals surface area contributed by atoms with E-state index in [-0.39, 0.29) is 11.6 Å². The zero-order valence-electron chi connectivity index (χ0n) is 11.4. The molecule has 0 atom stereocenters. The fourth-order valence-corrected chi connectivity index (χ4v) is 1.84. The minimum Gasteiger partial charge on any atom is -0.507 e. The number of aryl methyl sites for hydroxylation is 1. The summed E-state index contributed by atoms with van der Waals surface area (Å²) in [5.41, 5.74) is 0.992. The summed E-state index contributed by atoms with van der Waals surface area (Å²) in [4.78, 5) is 12.5. The summed E-state index contributed by atoms with van der Waals surface area (Å²) >= 11 is 0. The van der Waals surface area contributed by atoms with Crippen LogP contribution in [-0.4, -0.2) is 32.3 Å². The van der Waals surface area contributed by atoms with Gasteiger partial charge in [-0.2, -0.15) is 4.98 Å². The minimum absolute atomic E-state index is 0.00316. The molecule has 0 spiro atoms. The second-order valence-electron chi connectivity index (χ2n) is 4.30. The summed E-state index contributed by atoms with van der Waals surface area (Å²) in [6.07, 6.45) is 1.62. The van der Waals surface area contributed by atoms with E-state index in [9.17, 15) is 5.11 Å². The first-order valence-electron chi connectivity index (χ1n) is 6.18. The minimum atomic E-state index is 0.00316. The highest BCUT2D eigenvalue weighted by molar-refractivity contribution is 5.65. The molecular weight excluding hydrogens is 272 g/mol. The lowest BCUT2D eigenvalue weighted by Crippen LogP contribution is -1.91. The number of ether oxygens (including phenoxy) is 1. The summed E-state index contributed by atoms with van der Waals surface area (Å²) in [6.45, 7) is 1.78. The number of aromatic nitrogens is 4. The number of aromatic hydroxyl groups is 1. The highest BCUT2D eigenvalue weighted by atomic mass is 16.5. The normalized spacial score (nSPS) is 10.6. The first-order valence-corrected chi connectivity index (χ1v) is 6.18. The van der Waals surface area contributed by atoms with Crippen molar-refractivity contribution in [3.8, 4) is 34.5 Å². The van der Waals surface area contributed by atoms with Gasteiger partial charge in [0.15, 0.2) is 0 Å². The molecule has 0 saturated heterocycles. The molecule has 3 rings (SSSR count). The Labute approximate surface area is 120 Å². The van der Waals surface area contributed by atoms with Crippen molar-refractivity contribution in [3.05, 3.63) is 36.3 Å². The zero-order chi connectivity index (χ0) is 14.8. The van der Waals surface area contributed by atoms with Crippen LogP contribution in [0.3, 0.4) is 0 Å². The van der Waals surface area contributed by atoms with E-state index in [2.05, 4.69) is 20.1 Å². The summed E-state index contributed by atoms with van der Waals surface area (Å²) in [7, 11) is 1.52. The Balaban J connectivity index is 1.98. The second-order valence-corrected chi connectivity index (χ2v) is 4.30. The summed E-state index contributed by atoms with van der Waals surface area (Å²) < 4.78 is 10.2. The van der Waals surface area contributed by atoms with E-state index >= 15 is 0 Å². The lowest BCUT2D eigenvalue weighted by atomic mass is 10.2. The van der Waals surface area contributed by atoms with E-state index < -0.39 is 0 Å². The third kappa shape index (κ3) is 2.53. The molecule has 106 valence electrons. The number of rotatable bonds is 3. The topological polar surface area (TPSA) is 94.2 Å². The molecule has 0 radical (unpaired) electrons. The van der Waals surface area contributed by atoms with E-state index in [1.807, 2.05) is 0 Å². The van der Waals surface area contributed by atoms with Crippen molar-refractivity contribution < 1.29 is 14.4 Å². The van der Waals surface area contributed by atoms with Crippen LogP contribution in [0.25, 0.3) is 23.0 Å². The van der Waals surface area contributed by atoms with Gasteiger partial charge in [0, 0.05) is 12.3 Å². The molecule has 7 nitrogen and oxygen atoms in total. The highest BCUT2D eigenvalue weighted by Gasteiger charge is 2.15. The zero-order valence-corrected chi connectivity index (χ0v) is 11.4. The van der Waals surface area contributed by atoms with Gasteiger partial charge in [-0.15, -0.1) is 0 Å². The van der Waals surface area contributed by atoms with Gasteiger partial charge in [-0.25, -0.2) is 9.97 Å².